The van der Waals surface area contributed by atoms with E-state index in [1.807, 2.05) is 12.1 Å². The normalized spacial score (nSPS) is 12.0. The molecule has 0 saturated heterocycles. The molecule has 0 aliphatic heterocycles. The van der Waals surface area contributed by atoms with Crippen molar-refractivity contribution in [1.29, 1.82) is 0 Å². The van der Waals surface area contributed by atoms with Gasteiger partial charge in [-0.05, 0) is 62.7 Å². The van der Waals surface area contributed by atoms with Crippen LogP contribution in [0.1, 0.15) is 32.4 Å². The molecule has 2 N–H and O–H groups in total. The zero-order valence-electron chi connectivity index (χ0n) is 13.0. The van der Waals surface area contributed by atoms with Gasteiger partial charge in [-0.2, -0.15) is 0 Å². The summed E-state index contributed by atoms with van der Waals surface area (Å²) in [6, 6.07) is 16.0. The van der Waals surface area contributed by atoms with Gasteiger partial charge in [-0.1, -0.05) is 12.1 Å². The molecule has 1 unspecified atom stereocenters. The van der Waals surface area contributed by atoms with Crippen LogP contribution in [0.25, 0.3) is 0 Å². The van der Waals surface area contributed by atoms with E-state index in [1.54, 1.807) is 12.1 Å². The molecule has 112 valence electrons. The second-order valence-corrected chi connectivity index (χ2v) is 5.18. The predicted molar refractivity (Wildman–Crippen MR) is 90.1 cm³/mol. The fourth-order valence-corrected chi connectivity index (χ4v) is 2.48. The molecule has 0 heterocycles. The second kappa shape index (κ2) is 7.02. The first-order chi connectivity index (χ1) is 10.1. The third-order valence-electron chi connectivity index (χ3n) is 3.75. The van der Waals surface area contributed by atoms with Gasteiger partial charge in [-0.25, -0.2) is 0 Å². The summed E-state index contributed by atoms with van der Waals surface area (Å²) >= 11 is 0. The highest BCUT2D eigenvalue weighted by molar-refractivity contribution is 5.55. The minimum absolute atomic E-state index is 0.149. The van der Waals surface area contributed by atoms with Crippen LogP contribution in [0, 0.1) is 0 Å². The van der Waals surface area contributed by atoms with Crippen LogP contribution in [0.15, 0.2) is 48.5 Å². The van der Waals surface area contributed by atoms with Crippen molar-refractivity contribution in [2.45, 2.75) is 26.8 Å². The Labute approximate surface area is 127 Å². The molecule has 3 nitrogen and oxygen atoms in total. The number of nitrogens with zero attached hydrogens (tertiary/aromatic N) is 1. The van der Waals surface area contributed by atoms with Crippen molar-refractivity contribution in [2.24, 2.45) is 0 Å². The summed E-state index contributed by atoms with van der Waals surface area (Å²) in [6.07, 6.45) is 0. The van der Waals surface area contributed by atoms with E-state index in [4.69, 9.17) is 0 Å². The molecule has 0 aliphatic carbocycles. The van der Waals surface area contributed by atoms with Gasteiger partial charge in [-0.3, -0.25) is 0 Å². The number of rotatable bonds is 6. The lowest BCUT2D eigenvalue weighted by atomic mass is 10.1. The Bertz CT molecular complexity index is 562. The minimum Gasteiger partial charge on any atom is -0.508 e. The molecule has 3 heteroatoms. The van der Waals surface area contributed by atoms with Crippen LogP contribution in [0.4, 0.5) is 11.4 Å². The Kier molecular flexibility index (Phi) is 5.09. The first kappa shape index (κ1) is 15.2. The van der Waals surface area contributed by atoms with Gasteiger partial charge >= 0.3 is 0 Å². The Morgan fingerprint density at radius 2 is 1.71 bits per heavy atom. The Hall–Kier alpha value is -2.16. The van der Waals surface area contributed by atoms with Crippen molar-refractivity contribution in [3.8, 4) is 5.75 Å². The molecule has 21 heavy (non-hydrogen) atoms. The molecule has 0 amide bonds. The van der Waals surface area contributed by atoms with Crippen molar-refractivity contribution in [3.63, 3.8) is 0 Å². The van der Waals surface area contributed by atoms with Gasteiger partial charge in [0.1, 0.15) is 5.75 Å². The van der Waals surface area contributed by atoms with E-state index in [9.17, 15) is 5.11 Å². The first-order valence-electron chi connectivity index (χ1n) is 7.54. The summed E-state index contributed by atoms with van der Waals surface area (Å²) in [5.74, 6) is 0.304. The monoisotopic (exact) mass is 284 g/mol. The summed E-state index contributed by atoms with van der Waals surface area (Å²) in [5.41, 5.74) is 3.40. The predicted octanol–water partition coefficient (Wildman–Crippen LogP) is 4.41. The van der Waals surface area contributed by atoms with Gasteiger partial charge < -0.3 is 15.3 Å². The number of nitrogens with one attached hydrogen (secondary N) is 1. The van der Waals surface area contributed by atoms with E-state index in [-0.39, 0.29) is 6.04 Å². The molecule has 2 aromatic rings. The lowest BCUT2D eigenvalue weighted by Crippen LogP contribution is -2.21. The van der Waals surface area contributed by atoms with Crippen LogP contribution in [0.2, 0.25) is 0 Å². The highest BCUT2D eigenvalue weighted by atomic mass is 16.3. The molecule has 2 rings (SSSR count). The number of hydrogen-bond donors (Lipinski definition) is 2. The Balaban J connectivity index is 2.06. The van der Waals surface area contributed by atoms with Crippen molar-refractivity contribution in [3.05, 3.63) is 54.1 Å². The highest BCUT2D eigenvalue weighted by Gasteiger charge is 2.07. The molecule has 0 bridgehead atoms. The van der Waals surface area contributed by atoms with E-state index in [0.717, 1.165) is 24.3 Å². The third kappa shape index (κ3) is 3.91. The standard InChI is InChI=1S/C18H24N2O/c1-4-20(5-2)17-11-9-16(10-12-17)19-14(3)15-7-6-8-18(21)13-15/h6-14,19,21H,4-5H2,1-3H3. The fraction of sp³-hybridized carbons (Fsp3) is 0.333. The number of hydrogen-bond acceptors (Lipinski definition) is 3. The molecular formula is C18H24N2O. The summed E-state index contributed by atoms with van der Waals surface area (Å²) in [5, 5.41) is 13.0. The van der Waals surface area contributed by atoms with E-state index < -0.39 is 0 Å². The maximum absolute atomic E-state index is 9.55. The molecule has 0 spiro atoms. The average Bonchev–Trinajstić information content (AvgIpc) is 2.50. The zero-order chi connectivity index (χ0) is 15.2. The molecule has 0 radical (unpaired) electrons. The average molecular weight is 284 g/mol. The van der Waals surface area contributed by atoms with Gasteiger partial charge in [0, 0.05) is 30.5 Å². The lowest BCUT2D eigenvalue weighted by Gasteiger charge is -2.22. The molecule has 0 aromatic heterocycles. The van der Waals surface area contributed by atoms with Gasteiger partial charge in [0.15, 0.2) is 0 Å². The van der Waals surface area contributed by atoms with Crippen LogP contribution < -0.4 is 10.2 Å². The van der Waals surface area contributed by atoms with Crippen LogP contribution in [0.3, 0.4) is 0 Å². The molecule has 0 aliphatic rings. The SMILES string of the molecule is CCN(CC)c1ccc(NC(C)c2cccc(O)c2)cc1. The fourth-order valence-electron chi connectivity index (χ4n) is 2.48. The second-order valence-electron chi connectivity index (χ2n) is 5.18. The van der Waals surface area contributed by atoms with Gasteiger partial charge in [0.05, 0.1) is 0 Å². The number of aromatic hydroxyl groups is 1. The van der Waals surface area contributed by atoms with E-state index in [2.05, 4.69) is 55.3 Å². The van der Waals surface area contributed by atoms with Crippen LogP contribution in [-0.4, -0.2) is 18.2 Å². The minimum atomic E-state index is 0.149. The molecule has 0 saturated carbocycles. The van der Waals surface area contributed by atoms with Gasteiger partial charge in [-0.15, -0.1) is 0 Å². The summed E-state index contributed by atoms with van der Waals surface area (Å²) in [4.78, 5) is 2.32. The summed E-state index contributed by atoms with van der Waals surface area (Å²) < 4.78 is 0. The summed E-state index contributed by atoms with van der Waals surface area (Å²) in [6.45, 7) is 8.46. The molecule has 0 fully saturated rings. The molecule has 1 atom stereocenters. The van der Waals surface area contributed by atoms with E-state index >= 15 is 0 Å². The summed E-state index contributed by atoms with van der Waals surface area (Å²) in [7, 11) is 0. The van der Waals surface area contributed by atoms with E-state index in [1.165, 1.54) is 5.69 Å². The zero-order valence-corrected chi connectivity index (χ0v) is 13.0. The third-order valence-corrected chi connectivity index (χ3v) is 3.75. The number of anilines is 2. The maximum Gasteiger partial charge on any atom is 0.115 e. The van der Waals surface area contributed by atoms with Crippen LogP contribution >= 0.6 is 0 Å². The number of phenolic OH excluding ortho intramolecular Hbond substituents is 1. The maximum atomic E-state index is 9.55. The number of phenols is 1. The van der Waals surface area contributed by atoms with Crippen molar-refractivity contribution in [1.82, 2.24) is 0 Å². The van der Waals surface area contributed by atoms with Crippen molar-refractivity contribution >= 4 is 11.4 Å². The largest absolute Gasteiger partial charge is 0.508 e. The van der Waals surface area contributed by atoms with Gasteiger partial charge in [0.25, 0.3) is 0 Å². The molecule has 2 aromatic carbocycles. The Morgan fingerprint density at radius 1 is 1.05 bits per heavy atom. The van der Waals surface area contributed by atoms with Crippen LogP contribution in [0.5, 0.6) is 5.75 Å². The topological polar surface area (TPSA) is 35.5 Å². The smallest absolute Gasteiger partial charge is 0.115 e. The number of benzene rings is 2. The van der Waals surface area contributed by atoms with Crippen molar-refractivity contribution < 1.29 is 5.11 Å². The first-order valence-corrected chi connectivity index (χ1v) is 7.54. The van der Waals surface area contributed by atoms with Crippen LogP contribution in [-0.2, 0) is 0 Å². The molecular weight excluding hydrogens is 260 g/mol. The quantitative estimate of drug-likeness (QED) is 0.824. The lowest BCUT2D eigenvalue weighted by molar-refractivity contribution is 0.474. The highest BCUT2D eigenvalue weighted by Crippen LogP contribution is 2.24. The van der Waals surface area contributed by atoms with E-state index in [0.29, 0.717) is 5.75 Å². The van der Waals surface area contributed by atoms with Crippen molar-refractivity contribution in [2.75, 3.05) is 23.3 Å². The Morgan fingerprint density at radius 3 is 2.29 bits per heavy atom. The van der Waals surface area contributed by atoms with Gasteiger partial charge in [0.2, 0.25) is 0 Å².